The number of hydrogen-bond donors (Lipinski definition) is 2. The zero-order valence-corrected chi connectivity index (χ0v) is 14.7. The van der Waals surface area contributed by atoms with Crippen molar-refractivity contribution in [3.63, 3.8) is 0 Å². The first-order valence-electron chi connectivity index (χ1n) is 8.40. The lowest BCUT2D eigenvalue weighted by Gasteiger charge is -2.25. The molecule has 0 radical (unpaired) electrons. The number of carboxylic acids is 1. The van der Waals surface area contributed by atoms with Crippen LogP contribution < -0.4 is 14.8 Å². The van der Waals surface area contributed by atoms with Crippen LogP contribution in [0, 0.1) is 5.92 Å². The summed E-state index contributed by atoms with van der Waals surface area (Å²) in [6.07, 6.45) is 2.04. The Balaban J connectivity index is 1.78. The summed E-state index contributed by atoms with van der Waals surface area (Å²) in [5.41, 5.74) is 2.62. The molecule has 1 aliphatic rings. The number of fused-ring (bicyclic) bond motifs is 1. The highest BCUT2D eigenvalue weighted by molar-refractivity contribution is 6.01. The number of ether oxygens (including phenoxy) is 2. The fourth-order valence-electron chi connectivity index (χ4n) is 3.32. The molecule has 1 unspecified atom stereocenters. The number of benzene rings is 2. The molecule has 0 aromatic heterocycles. The SMILES string of the molecule is COc1cc2c(cc1OC)CC(C(=O)Nc1ccccc1C(=O)O)CC2. The van der Waals surface area contributed by atoms with Gasteiger partial charge in [-0.25, -0.2) is 4.79 Å². The first kappa shape index (κ1) is 17.8. The highest BCUT2D eigenvalue weighted by atomic mass is 16.5. The third-order valence-electron chi connectivity index (χ3n) is 4.72. The van der Waals surface area contributed by atoms with Gasteiger partial charge in [0.1, 0.15) is 0 Å². The summed E-state index contributed by atoms with van der Waals surface area (Å²) in [4.78, 5) is 24.0. The Morgan fingerprint density at radius 3 is 2.38 bits per heavy atom. The summed E-state index contributed by atoms with van der Waals surface area (Å²) >= 11 is 0. The van der Waals surface area contributed by atoms with E-state index < -0.39 is 5.97 Å². The van der Waals surface area contributed by atoms with Crippen molar-refractivity contribution < 1.29 is 24.2 Å². The van der Waals surface area contributed by atoms with Gasteiger partial charge < -0.3 is 19.9 Å². The second kappa shape index (κ2) is 7.47. The van der Waals surface area contributed by atoms with Crippen LogP contribution in [0.4, 0.5) is 5.69 Å². The molecule has 2 aromatic rings. The quantitative estimate of drug-likeness (QED) is 0.861. The van der Waals surface area contributed by atoms with Gasteiger partial charge in [0.05, 0.1) is 25.5 Å². The Labute approximate surface area is 151 Å². The number of aryl methyl sites for hydroxylation is 1. The van der Waals surface area contributed by atoms with Crippen molar-refractivity contribution in [1.82, 2.24) is 0 Å². The van der Waals surface area contributed by atoms with Crippen LogP contribution >= 0.6 is 0 Å². The molecule has 136 valence electrons. The van der Waals surface area contributed by atoms with Gasteiger partial charge in [-0.05, 0) is 54.7 Å². The molecule has 0 bridgehead atoms. The normalized spacial score (nSPS) is 15.7. The monoisotopic (exact) mass is 355 g/mol. The maximum absolute atomic E-state index is 12.7. The molecular weight excluding hydrogens is 334 g/mol. The second-order valence-corrected chi connectivity index (χ2v) is 6.26. The lowest BCUT2D eigenvalue weighted by molar-refractivity contribution is -0.120. The van der Waals surface area contributed by atoms with Crippen molar-refractivity contribution in [3.05, 3.63) is 53.1 Å². The Morgan fingerprint density at radius 1 is 1.08 bits per heavy atom. The van der Waals surface area contributed by atoms with Gasteiger partial charge in [0.25, 0.3) is 0 Å². The molecular formula is C20H21NO5. The van der Waals surface area contributed by atoms with Crippen molar-refractivity contribution in [3.8, 4) is 11.5 Å². The van der Waals surface area contributed by atoms with Crippen molar-refractivity contribution in [2.24, 2.45) is 5.92 Å². The molecule has 0 fully saturated rings. The average Bonchev–Trinajstić information content (AvgIpc) is 2.66. The second-order valence-electron chi connectivity index (χ2n) is 6.26. The minimum atomic E-state index is -1.06. The van der Waals surface area contributed by atoms with E-state index >= 15 is 0 Å². The molecule has 0 saturated heterocycles. The van der Waals surface area contributed by atoms with Crippen LogP contribution in [-0.4, -0.2) is 31.2 Å². The van der Waals surface area contributed by atoms with E-state index in [1.807, 2.05) is 12.1 Å². The maximum atomic E-state index is 12.7. The molecule has 0 saturated carbocycles. The number of carboxylic acid groups (broad SMARTS) is 1. The van der Waals surface area contributed by atoms with E-state index in [0.29, 0.717) is 30.0 Å². The summed E-state index contributed by atoms with van der Waals surface area (Å²) in [6.45, 7) is 0. The average molecular weight is 355 g/mol. The molecule has 0 spiro atoms. The lowest BCUT2D eigenvalue weighted by Crippen LogP contribution is -2.28. The first-order valence-corrected chi connectivity index (χ1v) is 8.40. The van der Waals surface area contributed by atoms with Gasteiger partial charge in [-0.2, -0.15) is 0 Å². The third kappa shape index (κ3) is 3.49. The number of para-hydroxylation sites is 1. The van der Waals surface area contributed by atoms with Crippen LogP contribution in [-0.2, 0) is 17.6 Å². The van der Waals surface area contributed by atoms with Gasteiger partial charge in [-0.1, -0.05) is 12.1 Å². The van der Waals surface area contributed by atoms with Crippen LogP contribution in [0.2, 0.25) is 0 Å². The largest absolute Gasteiger partial charge is 0.493 e. The number of carbonyl (C=O) groups is 2. The molecule has 1 aliphatic carbocycles. The van der Waals surface area contributed by atoms with Crippen molar-refractivity contribution in [1.29, 1.82) is 0 Å². The number of anilines is 1. The Kier molecular flexibility index (Phi) is 5.11. The summed E-state index contributed by atoms with van der Waals surface area (Å²) in [5.74, 6) is -0.124. The van der Waals surface area contributed by atoms with E-state index in [4.69, 9.17) is 9.47 Å². The van der Waals surface area contributed by atoms with Crippen LogP contribution in [0.1, 0.15) is 27.9 Å². The molecule has 2 aromatic carbocycles. The molecule has 1 atom stereocenters. The summed E-state index contributed by atoms with van der Waals surface area (Å²) in [5, 5.41) is 12.0. The topological polar surface area (TPSA) is 84.9 Å². The third-order valence-corrected chi connectivity index (χ3v) is 4.72. The van der Waals surface area contributed by atoms with E-state index in [2.05, 4.69) is 5.32 Å². The molecule has 26 heavy (non-hydrogen) atoms. The van der Waals surface area contributed by atoms with Crippen LogP contribution in [0.5, 0.6) is 11.5 Å². The number of rotatable bonds is 5. The standard InChI is InChI=1S/C20H21NO5/c1-25-17-10-12-7-8-13(9-14(12)11-18(17)26-2)19(22)21-16-6-4-3-5-15(16)20(23)24/h3-6,10-11,13H,7-9H2,1-2H3,(H,21,22)(H,23,24). The highest BCUT2D eigenvalue weighted by Crippen LogP contribution is 2.36. The molecule has 0 heterocycles. The first-order chi connectivity index (χ1) is 12.5. The number of carbonyl (C=O) groups excluding carboxylic acids is 1. The summed E-state index contributed by atoms with van der Waals surface area (Å²) < 4.78 is 10.7. The van der Waals surface area contributed by atoms with E-state index in [-0.39, 0.29) is 17.4 Å². The molecule has 1 amide bonds. The van der Waals surface area contributed by atoms with Crippen LogP contribution in [0.3, 0.4) is 0 Å². The minimum absolute atomic E-state index is 0.0865. The smallest absolute Gasteiger partial charge is 0.337 e. The molecule has 3 rings (SSSR count). The Bertz CT molecular complexity index is 846. The van der Waals surface area contributed by atoms with E-state index in [1.165, 1.54) is 6.07 Å². The van der Waals surface area contributed by atoms with Gasteiger partial charge in [0.2, 0.25) is 5.91 Å². The number of hydrogen-bond acceptors (Lipinski definition) is 4. The van der Waals surface area contributed by atoms with E-state index in [9.17, 15) is 14.7 Å². The van der Waals surface area contributed by atoms with Crippen LogP contribution in [0.15, 0.2) is 36.4 Å². The fourth-order valence-corrected chi connectivity index (χ4v) is 3.32. The number of nitrogens with one attached hydrogen (secondary N) is 1. The molecule has 2 N–H and O–H groups in total. The Hall–Kier alpha value is -3.02. The van der Waals surface area contributed by atoms with Gasteiger partial charge in [0, 0.05) is 5.92 Å². The van der Waals surface area contributed by atoms with Crippen molar-refractivity contribution in [2.45, 2.75) is 19.3 Å². The Morgan fingerprint density at radius 2 is 1.73 bits per heavy atom. The van der Waals surface area contributed by atoms with E-state index in [1.54, 1.807) is 32.4 Å². The highest BCUT2D eigenvalue weighted by Gasteiger charge is 2.27. The number of amides is 1. The zero-order valence-electron chi connectivity index (χ0n) is 14.7. The van der Waals surface area contributed by atoms with E-state index in [0.717, 1.165) is 17.5 Å². The predicted octanol–water partition coefficient (Wildman–Crippen LogP) is 3.15. The lowest BCUT2D eigenvalue weighted by atomic mass is 9.83. The number of methoxy groups -OCH3 is 2. The van der Waals surface area contributed by atoms with Gasteiger partial charge >= 0.3 is 5.97 Å². The zero-order chi connectivity index (χ0) is 18.7. The summed E-state index contributed by atoms with van der Waals surface area (Å²) in [6, 6.07) is 10.3. The molecule has 6 nitrogen and oxygen atoms in total. The summed E-state index contributed by atoms with van der Waals surface area (Å²) in [7, 11) is 3.18. The molecule has 0 aliphatic heterocycles. The van der Waals surface area contributed by atoms with Gasteiger partial charge in [-0.3, -0.25) is 4.79 Å². The predicted molar refractivity (Wildman–Crippen MR) is 97.1 cm³/mol. The maximum Gasteiger partial charge on any atom is 0.337 e. The van der Waals surface area contributed by atoms with Crippen LogP contribution in [0.25, 0.3) is 0 Å². The fraction of sp³-hybridized carbons (Fsp3) is 0.300. The minimum Gasteiger partial charge on any atom is -0.493 e. The van der Waals surface area contributed by atoms with Crippen molar-refractivity contribution >= 4 is 17.6 Å². The van der Waals surface area contributed by atoms with Gasteiger partial charge in [-0.15, -0.1) is 0 Å². The van der Waals surface area contributed by atoms with Crippen molar-refractivity contribution in [2.75, 3.05) is 19.5 Å². The molecule has 6 heteroatoms. The number of aromatic carboxylic acids is 1. The van der Waals surface area contributed by atoms with Gasteiger partial charge in [0.15, 0.2) is 11.5 Å².